The van der Waals surface area contributed by atoms with E-state index in [9.17, 15) is 4.79 Å². The minimum Gasteiger partial charge on any atom is -0.369 e. The van der Waals surface area contributed by atoms with Gasteiger partial charge in [-0.1, -0.05) is 31.5 Å². The highest BCUT2D eigenvalue weighted by atomic mass is 35.5. The highest BCUT2D eigenvalue weighted by Crippen LogP contribution is 2.20. The molecule has 0 aromatic heterocycles. The first kappa shape index (κ1) is 19.1. The number of hydrogen-bond acceptors (Lipinski definition) is 3. The Morgan fingerprint density at radius 3 is 2.50 bits per heavy atom. The van der Waals surface area contributed by atoms with Gasteiger partial charge in [0.2, 0.25) is 5.91 Å². The molecule has 1 amide bonds. The molecule has 1 heterocycles. The largest absolute Gasteiger partial charge is 0.369 e. The number of rotatable bonds is 7. The number of halogens is 1. The molecular weight excluding hydrogens is 322 g/mol. The molecule has 1 N–H and O–H groups in total. The van der Waals surface area contributed by atoms with E-state index in [1.54, 1.807) is 0 Å². The molecule has 1 fully saturated rings. The quantitative estimate of drug-likeness (QED) is 0.817. The molecule has 1 aromatic rings. The van der Waals surface area contributed by atoms with Crippen LogP contribution < -0.4 is 10.2 Å². The Kier molecular flexibility index (Phi) is 7.38. The molecule has 0 spiro atoms. The zero-order chi connectivity index (χ0) is 17.5. The summed E-state index contributed by atoms with van der Waals surface area (Å²) in [6, 6.07) is 8.22. The van der Waals surface area contributed by atoms with Gasteiger partial charge < -0.3 is 10.2 Å². The van der Waals surface area contributed by atoms with Gasteiger partial charge in [0.1, 0.15) is 0 Å². The van der Waals surface area contributed by atoms with Crippen LogP contribution in [0.4, 0.5) is 5.69 Å². The number of hydrogen-bond donors (Lipinski definition) is 1. The van der Waals surface area contributed by atoms with Crippen molar-refractivity contribution in [2.24, 2.45) is 5.92 Å². The van der Waals surface area contributed by atoms with Crippen LogP contribution in [0.1, 0.15) is 33.6 Å². The van der Waals surface area contributed by atoms with Crippen LogP contribution in [0.15, 0.2) is 24.3 Å². The fraction of sp³-hybridized carbons (Fsp3) is 0.632. The van der Waals surface area contributed by atoms with Gasteiger partial charge >= 0.3 is 0 Å². The molecule has 4 nitrogen and oxygen atoms in total. The van der Waals surface area contributed by atoms with Crippen LogP contribution in [0.5, 0.6) is 0 Å². The standard InChI is InChI=1S/C19H30ClN3O/c1-15(2)7-8-16(3)21-19(24)14-22-9-11-23(12-10-22)18-6-4-5-17(20)13-18/h4-6,13,15-16H,7-12,14H2,1-3H3,(H,21,24)/t16-/m0/s1. The first-order valence-corrected chi connectivity index (χ1v) is 9.34. The molecule has 0 unspecified atom stereocenters. The Morgan fingerprint density at radius 2 is 1.88 bits per heavy atom. The van der Waals surface area contributed by atoms with E-state index in [2.05, 4.69) is 42.0 Å². The highest BCUT2D eigenvalue weighted by molar-refractivity contribution is 6.30. The van der Waals surface area contributed by atoms with Crippen LogP contribution in [0, 0.1) is 5.92 Å². The molecule has 5 heteroatoms. The molecule has 1 saturated heterocycles. The van der Waals surface area contributed by atoms with Gasteiger partial charge in [-0.3, -0.25) is 9.69 Å². The summed E-state index contributed by atoms with van der Waals surface area (Å²) in [5.41, 5.74) is 1.16. The fourth-order valence-electron chi connectivity index (χ4n) is 3.02. The number of nitrogens with one attached hydrogen (secondary N) is 1. The summed E-state index contributed by atoms with van der Waals surface area (Å²) in [7, 11) is 0. The molecule has 0 saturated carbocycles. The Labute approximate surface area is 151 Å². The molecule has 1 aliphatic heterocycles. The third-order valence-electron chi connectivity index (χ3n) is 4.50. The number of anilines is 1. The zero-order valence-electron chi connectivity index (χ0n) is 15.1. The lowest BCUT2D eigenvalue weighted by Crippen LogP contribution is -2.50. The maximum atomic E-state index is 12.2. The Morgan fingerprint density at radius 1 is 1.17 bits per heavy atom. The third kappa shape index (κ3) is 6.33. The Bertz CT molecular complexity index is 527. The monoisotopic (exact) mass is 351 g/mol. The van der Waals surface area contributed by atoms with Gasteiger partial charge in [0, 0.05) is 42.9 Å². The van der Waals surface area contributed by atoms with Crippen molar-refractivity contribution in [2.75, 3.05) is 37.6 Å². The Hall–Kier alpha value is -1.26. The second kappa shape index (κ2) is 9.28. The van der Waals surface area contributed by atoms with Crippen molar-refractivity contribution in [3.63, 3.8) is 0 Å². The lowest BCUT2D eigenvalue weighted by molar-refractivity contribution is -0.123. The van der Waals surface area contributed by atoms with E-state index in [1.807, 2.05) is 18.2 Å². The third-order valence-corrected chi connectivity index (χ3v) is 4.73. The molecule has 0 radical (unpaired) electrons. The van der Waals surface area contributed by atoms with E-state index < -0.39 is 0 Å². The number of carbonyl (C=O) groups excluding carboxylic acids is 1. The molecule has 1 aliphatic rings. The minimum atomic E-state index is 0.141. The van der Waals surface area contributed by atoms with Crippen LogP contribution in [0.3, 0.4) is 0 Å². The number of benzene rings is 1. The molecule has 134 valence electrons. The summed E-state index contributed by atoms with van der Waals surface area (Å²) in [5, 5.41) is 3.89. The van der Waals surface area contributed by atoms with Gasteiger partial charge in [0.15, 0.2) is 0 Å². The van der Waals surface area contributed by atoms with Crippen LogP contribution in [-0.2, 0) is 4.79 Å². The first-order valence-electron chi connectivity index (χ1n) is 8.96. The predicted molar refractivity (Wildman–Crippen MR) is 102 cm³/mol. The average molecular weight is 352 g/mol. The van der Waals surface area contributed by atoms with Crippen LogP contribution >= 0.6 is 11.6 Å². The van der Waals surface area contributed by atoms with Crippen molar-refractivity contribution < 1.29 is 4.79 Å². The van der Waals surface area contributed by atoms with E-state index in [4.69, 9.17) is 11.6 Å². The Balaban J connectivity index is 1.71. The van der Waals surface area contributed by atoms with E-state index in [0.29, 0.717) is 12.5 Å². The van der Waals surface area contributed by atoms with Gasteiger partial charge in [-0.25, -0.2) is 0 Å². The molecular formula is C19H30ClN3O. The van der Waals surface area contributed by atoms with Crippen LogP contribution in [0.25, 0.3) is 0 Å². The molecule has 0 bridgehead atoms. The normalized spacial score (nSPS) is 17.1. The summed E-state index contributed by atoms with van der Waals surface area (Å²) < 4.78 is 0. The average Bonchev–Trinajstić information content (AvgIpc) is 2.53. The summed E-state index contributed by atoms with van der Waals surface area (Å²) >= 11 is 6.07. The molecule has 1 aromatic carbocycles. The summed E-state index contributed by atoms with van der Waals surface area (Å²) in [6.45, 7) is 10.7. The minimum absolute atomic E-state index is 0.141. The number of amides is 1. The van der Waals surface area contributed by atoms with E-state index in [0.717, 1.165) is 49.7 Å². The lowest BCUT2D eigenvalue weighted by Gasteiger charge is -2.36. The van der Waals surface area contributed by atoms with Crippen molar-refractivity contribution in [3.05, 3.63) is 29.3 Å². The number of carbonyl (C=O) groups is 1. The van der Waals surface area contributed by atoms with Gasteiger partial charge in [0.05, 0.1) is 6.54 Å². The highest BCUT2D eigenvalue weighted by Gasteiger charge is 2.20. The molecule has 24 heavy (non-hydrogen) atoms. The first-order chi connectivity index (χ1) is 11.4. The van der Waals surface area contributed by atoms with Crippen LogP contribution in [0.2, 0.25) is 5.02 Å². The van der Waals surface area contributed by atoms with Crippen molar-refractivity contribution in [2.45, 2.75) is 39.7 Å². The molecule has 0 aliphatic carbocycles. The number of piperazine rings is 1. The smallest absolute Gasteiger partial charge is 0.234 e. The predicted octanol–water partition coefficient (Wildman–Crippen LogP) is 3.40. The van der Waals surface area contributed by atoms with Gasteiger partial charge in [-0.2, -0.15) is 0 Å². The van der Waals surface area contributed by atoms with Crippen molar-refractivity contribution in [3.8, 4) is 0 Å². The van der Waals surface area contributed by atoms with E-state index in [-0.39, 0.29) is 11.9 Å². The fourth-order valence-corrected chi connectivity index (χ4v) is 3.20. The van der Waals surface area contributed by atoms with Crippen molar-refractivity contribution in [1.29, 1.82) is 0 Å². The maximum Gasteiger partial charge on any atom is 0.234 e. The SMILES string of the molecule is CC(C)CC[C@H](C)NC(=O)CN1CCN(c2cccc(Cl)c2)CC1. The van der Waals surface area contributed by atoms with Crippen molar-refractivity contribution >= 4 is 23.2 Å². The summed E-state index contributed by atoms with van der Waals surface area (Å²) in [5.74, 6) is 0.825. The maximum absolute atomic E-state index is 12.2. The second-order valence-corrected chi connectivity index (χ2v) is 7.62. The van der Waals surface area contributed by atoms with E-state index >= 15 is 0 Å². The van der Waals surface area contributed by atoms with Gasteiger partial charge in [-0.05, 0) is 43.9 Å². The topological polar surface area (TPSA) is 35.6 Å². The van der Waals surface area contributed by atoms with E-state index in [1.165, 1.54) is 0 Å². The van der Waals surface area contributed by atoms with Crippen molar-refractivity contribution in [1.82, 2.24) is 10.2 Å². The zero-order valence-corrected chi connectivity index (χ0v) is 15.9. The summed E-state index contributed by atoms with van der Waals surface area (Å²) in [4.78, 5) is 16.7. The van der Waals surface area contributed by atoms with Gasteiger partial charge in [-0.15, -0.1) is 0 Å². The lowest BCUT2D eigenvalue weighted by atomic mass is 10.0. The molecule has 2 rings (SSSR count). The molecule has 1 atom stereocenters. The van der Waals surface area contributed by atoms with Crippen LogP contribution in [-0.4, -0.2) is 49.6 Å². The van der Waals surface area contributed by atoms with Gasteiger partial charge in [0.25, 0.3) is 0 Å². The number of nitrogens with zero attached hydrogens (tertiary/aromatic N) is 2. The second-order valence-electron chi connectivity index (χ2n) is 7.18. The summed E-state index contributed by atoms with van der Waals surface area (Å²) in [6.07, 6.45) is 2.20.